The topological polar surface area (TPSA) is 146 Å². The molecule has 0 saturated carbocycles. The van der Waals surface area contributed by atoms with Crippen molar-refractivity contribution in [3.05, 3.63) is 67.8 Å². The Morgan fingerprint density at radius 1 is 1.07 bits per heavy atom. The molecular weight excluding hydrogens is 372 g/mol. The van der Waals surface area contributed by atoms with Crippen molar-refractivity contribution in [1.29, 1.82) is 0 Å². The molecule has 0 atom stereocenters. The van der Waals surface area contributed by atoms with Crippen molar-refractivity contribution in [2.24, 2.45) is 5.10 Å². The first-order chi connectivity index (χ1) is 13.4. The zero-order valence-corrected chi connectivity index (χ0v) is 14.9. The molecule has 11 nitrogen and oxygen atoms in total. The normalized spacial score (nSPS) is 10.5. The average molecular weight is 388 g/mol. The van der Waals surface area contributed by atoms with Crippen LogP contribution in [0.3, 0.4) is 0 Å². The Balaban J connectivity index is 2.17. The number of methoxy groups -OCH3 is 2. The van der Waals surface area contributed by atoms with E-state index in [0.29, 0.717) is 0 Å². The third kappa shape index (κ3) is 4.78. The number of nitro groups is 2. The number of amides is 1. The van der Waals surface area contributed by atoms with Gasteiger partial charge >= 0.3 is 0 Å². The summed E-state index contributed by atoms with van der Waals surface area (Å²) in [4.78, 5) is 33.0. The van der Waals surface area contributed by atoms with Gasteiger partial charge in [0.05, 0.1) is 48.3 Å². The highest BCUT2D eigenvalue weighted by Gasteiger charge is 2.19. The van der Waals surface area contributed by atoms with Gasteiger partial charge in [-0.2, -0.15) is 5.10 Å². The van der Waals surface area contributed by atoms with E-state index in [9.17, 15) is 25.0 Å². The Kier molecular flexibility index (Phi) is 6.58. The lowest BCUT2D eigenvalue weighted by Crippen LogP contribution is -2.20. The van der Waals surface area contributed by atoms with Crippen LogP contribution in [0.25, 0.3) is 0 Å². The second-order valence-corrected chi connectivity index (χ2v) is 5.38. The van der Waals surface area contributed by atoms with E-state index in [2.05, 4.69) is 10.5 Å². The number of hydrazone groups is 1. The molecule has 2 rings (SSSR count). The standard InChI is InChI=1S/C17H16N4O7/c1-27-15-7-12(14(21(25)26)9-16(15)28-2)10-18-19-17(22)8-11-5-3-4-6-13(11)20(23)24/h3-7,9-10H,8H2,1-2H3,(H,19,22). The maximum atomic E-state index is 12.0. The minimum Gasteiger partial charge on any atom is -0.493 e. The Morgan fingerprint density at radius 2 is 1.68 bits per heavy atom. The monoisotopic (exact) mass is 388 g/mol. The minimum absolute atomic E-state index is 0.0774. The molecule has 1 amide bonds. The molecule has 0 unspecified atom stereocenters. The van der Waals surface area contributed by atoms with Crippen LogP contribution in [0.1, 0.15) is 11.1 Å². The van der Waals surface area contributed by atoms with Gasteiger partial charge in [-0.25, -0.2) is 5.43 Å². The lowest BCUT2D eigenvalue weighted by atomic mass is 10.1. The summed E-state index contributed by atoms with van der Waals surface area (Å²) in [7, 11) is 2.72. The van der Waals surface area contributed by atoms with Gasteiger partial charge in [-0.1, -0.05) is 18.2 Å². The first-order valence-corrected chi connectivity index (χ1v) is 7.82. The van der Waals surface area contributed by atoms with Crippen LogP contribution >= 0.6 is 0 Å². The Hall–Kier alpha value is -4.02. The van der Waals surface area contributed by atoms with E-state index >= 15 is 0 Å². The lowest BCUT2D eigenvalue weighted by molar-refractivity contribution is -0.385. The molecule has 0 heterocycles. The van der Waals surface area contributed by atoms with Crippen molar-refractivity contribution in [2.75, 3.05) is 14.2 Å². The molecule has 0 saturated heterocycles. The van der Waals surface area contributed by atoms with Crippen LogP contribution in [0, 0.1) is 20.2 Å². The number of carbonyl (C=O) groups is 1. The highest BCUT2D eigenvalue weighted by Crippen LogP contribution is 2.33. The second-order valence-electron chi connectivity index (χ2n) is 5.38. The Labute approximate surface area is 158 Å². The number of benzene rings is 2. The fourth-order valence-corrected chi connectivity index (χ4v) is 2.37. The molecule has 146 valence electrons. The van der Waals surface area contributed by atoms with E-state index < -0.39 is 15.8 Å². The molecule has 11 heteroatoms. The van der Waals surface area contributed by atoms with E-state index in [1.165, 1.54) is 44.6 Å². The molecule has 0 aliphatic heterocycles. The zero-order chi connectivity index (χ0) is 20.7. The van der Waals surface area contributed by atoms with Gasteiger partial charge in [0.1, 0.15) is 0 Å². The summed E-state index contributed by atoms with van der Waals surface area (Å²) in [5, 5.41) is 25.9. The van der Waals surface area contributed by atoms with Crippen LogP contribution < -0.4 is 14.9 Å². The summed E-state index contributed by atoms with van der Waals surface area (Å²) >= 11 is 0. The number of hydrogen-bond donors (Lipinski definition) is 1. The van der Waals surface area contributed by atoms with Gasteiger partial charge in [0.2, 0.25) is 5.91 Å². The van der Waals surface area contributed by atoms with Gasteiger partial charge < -0.3 is 9.47 Å². The summed E-state index contributed by atoms with van der Waals surface area (Å²) in [6.45, 7) is 0. The number of para-hydroxylation sites is 1. The van der Waals surface area contributed by atoms with Gasteiger partial charge in [0.25, 0.3) is 11.4 Å². The third-order valence-electron chi connectivity index (χ3n) is 3.66. The molecule has 1 N–H and O–H groups in total. The molecular formula is C17H16N4O7. The number of hydrogen-bond acceptors (Lipinski definition) is 8. The van der Waals surface area contributed by atoms with Gasteiger partial charge in [-0.3, -0.25) is 25.0 Å². The smallest absolute Gasteiger partial charge is 0.282 e. The lowest BCUT2D eigenvalue weighted by Gasteiger charge is -2.08. The summed E-state index contributed by atoms with van der Waals surface area (Å²) in [5.74, 6) is -0.193. The molecule has 28 heavy (non-hydrogen) atoms. The van der Waals surface area contributed by atoms with Crippen molar-refractivity contribution in [3.8, 4) is 11.5 Å². The van der Waals surface area contributed by atoms with Crippen LogP contribution in [-0.2, 0) is 11.2 Å². The summed E-state index contributed by atoms with van der Waals surface area (Å²) in [6, 6.07) is 8.34. The summed E-state index contributed by atoms with van der Waals surface area (Å²) in [6.07, 6.45) is 0.805. The number of nitro benzene ring substituents is 2. The van der Waals surface area contributed by atoms with E-state index in [0.717, 1.165) is 6.21 Å². The van der Waals surface area contributed by atoms with E-state index in [-0.39, 0.29) is 40.4 Å². The first-order valence-electron chi connectivity index (χ1n) is 7.82. The van der Waals surface area contributed by atoms with Crippen LogP contribution in [0.4, 0.5) is 11.4 Å². The summed E-state index contributed by atoms with van der Waals surface area (Å²) in [5.41, 5.74) is 2.01. The quantitative estimate of drug-likeness (QED) is 0.414. The third-order valence-corrected chi connectivity index (χ3v) is 3.66. The van der Waals surface area contributed by atoms with E-state index in [1.807, 2.05) is 0 Å². The van der Waals surface area contributed by atoms with Crippen LogP contribution in [0.5, 0.6) is 11.5 Å². The Morgan fingerprint density at radius 3 is 2.29 bits per heavy atom. The number of ether oxygens (including phenoxy) is 2. The number of nitrogens with one attached hydrogen (secondary N) is 1. The van der Waals surface area contributed by atoms with E-state index in [4.69, 9.17) is 9.47 Å². The predicted molar refractivity (Wildman–Crippen MR) is 98.7 cm³/mol. The number of carbonyl (C=O) groups excluding carboxylic acids is 1. The molecule has 0 radical (unpaired) electrons. The van der Waals surface area contributed by atoms with Gasteiger partial charge in [0, 0.05) is 11.6 Å². The van der Waals surface area contributed by atoms with Crippen molar-refractivity contribution in [1.82, 2.24) is 5.43 Å². The molecule has 2 aromatic rings. The van der Waals surface area contributed by atoms with Crippen molar-refractivity contribution in [3.63, 3.8) is 0 Å². The van der Waals surface area contributed by atoms with Crippen LogP contribution in [0.15, 0.2) is 41.5 Å². The predicted octanol–water partition coefficient (Wildman–Crippen LogP) is 2.21. The highest BCUT2D eigenvalue weighted by atomic mass is 16.6. The fraction of sp³-hybridized carbons (Fsp3) is 0.176. The fourth-order valence-electron chi connectivity index (χ4n) is 2.37. The van der Waals surface area contributed by atoms with Crippen molar-refractivity contribution < 1.29 is 24.1 Å². The van der Waals surface area contributed by atoms with Crippen molar-refractivity contribution in [2.45, 2.75) is 6.42 Å². The van der Waals surface area contributed by atoms with Gasteiger partial charge in [-0.05, 0) is 6.07 Å². The number of nitrogens with zero attached hydrogens (tertiary/aromatic N) is 3. The highest BCUT2D eigenvalue weighted by molar-refractivity contribution is 5.88. The Bertz CT molecular complexity index is 943. The average Bonchev–Trinajstić information content (AvgIpc) is 2.67. The molecule has 2 aromatic carbocycles. The molecule has 0 fully saturated rings. The maximum absolute atomic E-state index is 12.0. The SMILES string of the molecule is COc1cc(C=NNC(=O)Cc2ccccc2[N+](=O)[O-])c([N+](=O)[O-])cc1OC. The summed E-state index contributed by atoms with van der Waals surface area (Å²) < 4.78 is 10.1. The molecule has 0 bridgehead atoms. The zero-order valence-electron chi connectivity index (χ0n) is 14.9. The van der Waals surface area contributed by atoms with Gasteiger partial charge in [0.15, 0.2) is 11.5 Å². The van der Waals surface area contributed by atoms with Gasteiger partial charge in [-0.15, -0.1) is 0 Å². The largest absolute Gasteiger partial charge is 0.493 e. The van der Waals surface area contributed by atoms with Crippen LogP contribution in [0.2, 0.25) is 0 Å². The molecule has 0 aromatic heterocycles. The minimum atomic E-state index is -0.627. The van der Waals surface area contributed by atoms with E-state index in [1.54, 1.807) is 6.07 Å². The van der Waals surface area contributed by atoms with Crippen LogP contribution in [-0.4, -0.2) is 36.2 Å². The maximum Gasteiger partial charge on any atom is 0.282 e. The number of rotatable bonds is 8. The molecule has 0 spiro atoms. The molecule has 0 aliphatic rings. The second kappa shape index (κ2) is 9.07. The first kappa shape index (κ1) is 20.3. The van der Waals surface area contributed by atoms with Crippen molar-refractivity contribution >= 4 is 23.5 Å². The molecule has 0 aliphatic carbocycles.